The molecule has 8 nitrogen and oxygen atoms in total. The molecule has 3 aromatic rings. The second-order valence-corrected chi connectivity index (χ2v) is 7.20. The molecule has 0 bridgehead atoms. The van der Waals surface area contributed by atoms with Crippen molar-refractivity contribution in [2.45, 2.75) is 18.7 Å². The summed E-state index contributed by atoms with van der Waals surface area (Å²) in [5.74, 6) is 0.699. The molecule has 0 saturated heterocycles. The molecule has 158 valence electrons. The third-order valence-electron chi connectivity index (χ3n) is 5.56. The van der Waals surface area contributed by atoms with E-state index in [4.69, 9.17) is 23.7 Å². The van der Waals surface area contributed by atoms with Gasteiger partial charge in [-0.2, -0.15) is 5.10 Å². The third-order valence-corrected chi connectivity index (χ3v) is 5.56. The Balaban J connectivity index is 1.68. The van der Waals surface area contributed by atoms with Crippen LogP contribution in [-0.4, -0.2) is 36.0 Å². The van der Waals surface area contributed by atoms with Gasteiger partial charge in [-0.05, 0) is 30.3 Å². The van der Waals surface area contributed by atoms with Gasteiger partial charge in [-0.1, -0.05) is 18.2 Å². The lowest BCUT2D eigenvalue weighted by atomic mass is 9.96. The molecule has 2 aromatic carbocycles. The second kappa shape index (κ2) is 7.39. The summed E-state index contributed by atoms with van der Waals surface area (Å²) in [6.07, 6.45) is 1.45. The van der Waals surface area contributed by atoms with E-state index >= 15 is 0 Å². The first-order valence-corrected chi connectivity index (χ1v) is 9.75. The number of aromatic carboxylic acids is 1. The maximum absolute atomic E-state index is 12.2. The highest BCUT2D eigenvalue weighted by atomic mass is 16.5. The number of fused-ring (bicyclic) bond motifs is 3. The minimum absolute atomic E-state index is 0.0216. The number of benzene rings is 2. The first-order chi connectivity index (χ1) is 15.1. The van der Waals surface area contributed by atoms with Crippen molar-refractivity contribution in [3.05, 3.63) is 77.2 Å². The number of ether oxygens (including phenoxy) is 3. The first kappa shape index (κ1) is 19.0. The Morgan fingerprint density at radius 2 is 1.94 bits per heavy atom. The fraction of sp³-hybridized carbons (Fsp3) is 0.217. The topological polar surface area (TPSA) is 93.7 Å². The molecule has 2 aliphatic heterocycles. The van der Waals surface area contributed by atoms with Gasteiger partial charge in [0.1, 0.15) is 22.8 Å². The second-order valence-electron chi connectivity index (χ2n) is 7.20. The van der Waals surface area contributed by atoms with Crippen LogP contribution in [-0.2, 0) is 0 Å². The highest BCUT2D eigenvalue weighted by Gasteiger charge is 2.43. The molecule has 0 radical (unpaired) electrons. The van der Waals surface area contributed by atoms with Gasteiger partial charge in [0.25, 0.3) is 0 Å². The number of carboxylic acids is 1. The summed E-state index contributed by atoms with van der Waals surface area (Å²) in [5.41, 5.74) is 2.17. The number of hydrogen-bond acceptors (Lipinski definition) is 7. The fourth-order valence-electron chi connectivity index (χ4n) is 4.20. The van der Waals surface area contributed by atoms with Crippen molar-refractivity contribution in [3.8, 4) is 17.2 Å². The van der Waals surface area contributed by atoms with Gasteiger partial charge in [0.2, 0.25) is 6.23 Å². The molecule has 0 fully saturated rings. The Morgan fingerprint density at radius 3 is 2.65 bits per heavy atom. The van der Waals surface area contributed by atoms with Gasteiger partial charge in [-0.15, -0.1) is 0 Å². The van der Waals surface area contributed by atoms with Crippen molar-refractivity contribution >= 4 is 11.7 Å². The van der Waals surface area contributed by atoms with Gasteiger partial charge < -0.3 is 23.7 Å². The smallest absolute Gasteiger partial charge is 0.340 e. The zero-order valence-corrected chi connectivity index (χ0v) is 16.9. The minimum atomic E-state index is -1.14. The van der Waals surface area contributed by atoms with E-state index in [2.05, 4.69) is 0 Å². The van der Waals surface area contributed by atoms with Crippen molar-refractivity contribution in [2.75, 3.05) is 14.2 Å². The van der Waals surface area contributed by atoms with Crippen LogP contribution in [0, 0.1) is 0 Å². The molecule has 8 heteroatoms. The number of carboxylic acid groups (broad SMARTS) is 1. The van der Waals surface area contributed by atoms with Crippen molar-refractivity contribution in [1.29, 1.82) is 0 Å². The average Bonchev–Trinajstić information content (AvgIpc) is 3.47. The number of furan rings is 1. The van der Waals surface area contributed by atoms with Crippen LogP contribution in [0.3, 0.4) is 0 Å². The van der Waals surface area contributed by atoms with Gasteiger partial charge in [0.05, 0.1) is 26.5 Å². The Kier molecular flexibility index (Phi) is 4.54. The molecule has 3 heterocycles. The predicted molar refractivity (Wildman–Crippen MR) is 111 cm³/mol. The molecule has 0 amide bonds. The maximum atomic E-state index is 12.2. The van der Waals surface area contributed by atoms with E-state index in [1.807, 2.05) is 36.4 Å². The average molecular weight is 420 g/mol. The Bertz CT molecular complexity index is 1170. The summed E-state index contributed by atoms with van der Waals surface area (Å²) in [6, 6.07) is 14.6. The molecule has 0 aliphatic carbocycles. The molecule has 0 saturated carbocycles. The molecule has 5 rings (SSSR count). The van der Waals surface area contributed by atoms with Crippen molar-refractivity contribution in [2.24, 2.45) is 5.10 Å². The Hall–Kier alpha value is -3.94. The number of carbonyl (C=O) groups is 1. The van der Waals surface area contributed by atoms with Crippen LogP contribution < -0.4 is 14.2 Å². The van der Waals surface area contributed by atoms with Crippen LogP contribution in [0.15, 0.2) is 64.3 Å². The van der Waals surface area contributed by atoms with E-state index in [0.29, 0.717) is 29.2 Å². The van der Waals surface area contributed by atoms with Crippen LogP contribution in [0.2, 0.25) is 0 Å². The lowest BCUT2D eigenvalue weighted by Crippen LogP contribution is -2.34. The highest BCUT2D eigenvalue weighted by molar-refractivity contribution is 5.99. The zero-order chi connectivity index (χ0) is 21.5. The van der Waals surface area contributed by atoms with Crippen molar-refractivity contribution in [1.82, 2.24) is 5.01 Å². The Morgan fingerprint density at radius 1 is 1.10 bits per heavy atom. The van der Waals surface area contributed by atoms with Gasteiger partial charge in [-0.3, -0.25) is 0 Å². The van der Waals surface area contributed by atoms with Crippen LogP contribution in [0.5, 0.6) is 17.2 Å². The summed E-state index contributed by atoms with van der Waals surface area (Å²) >= 11 is 0. The molecule has 2 aliphatic rings. The molecular weight excluding hydrogens is 400 g/mol. The SMILES string of the molecule is COc1ccc(C2Oc3ccccc3C3CC(c4ccco4)=NN32)c(C(=O)O)c1OC. The molecule has 2 unspecified atom stereocenters. The van der Waals surface area contributed by atoms with E-state index < -0.39 is 12.2 Å². The van der Waals surface area contributed by atoms with Gasteiger partial charge in [-0.25, -0.2) is 9.80 Å². The normalized spacial score (nSPS) is 19.2. The first-order valence-electron chi connectivity index (χ1n) is 9.75. The Labute approximate surface area is 178 Å². The number of hydrogen-bond donors (Lipinski definition) is 1. The van der Waals surface area contributed by atoms with E-state index in [-0.39, 0.29) is 17.4 Å². The number of nitrogens with zero attached hydrogens (tertiary/aromatic N) is 2. The minimum Gasteiger partial charge on any atom is -0.493 e. The van der Waals surface area contributed by atoms with Crippen LogP contribution >= 0.6 is 0 Å². The third kappa shape index (κ3) is 2.99. The largest absolute Gasteiger partial charge is 0.493 e. The maximum Gasteiger partial charge on any atom is 0.340 e. The molecule has 2 atom stereocenters. The quantitative estimate of drug-likeness (QED) is 0.660. The fourth-order valence-corrected chi connectivity index (χ4v) is 4.20. The lowest BCUT2D eigenvalue weighted by molar-refractivity contribution is -0.0199. The summed E-state index contributed by atoms with van der Waals surface area (Å²) in [6.45, 7) is 0. The van der Waals surface area contributed by atoms with Gasteiger partial charge in [0, 0.05) is 17.5 Å². The molecular formula is C23H20N2O6. The predicted octanol–water partition coefficient (Wildman–Crippen LogP) is 4.24. The van der Waals surface area contributed by atoms with Crippen LogP contribution in [0.25, 0.3) is 0 Å². The van der Waals surface area contributed by atoms with Crippen LogP contribution in [0.1, 0.15) is 45.9 Å². The summed E-state index contributed by atoms with van der Waals surface area (Å²) in [5, 5.41) is 16.6. The van der Waals surface area contributed by atoms with E-state index in [9.17, 15) is 9.90 Å². The van der Waals surface area contributed by atoms with E-state index in [0.717, 1.165) is 11.3 Å². The van der Waals surface area contributed by atoms with E-state index in [1.165, 1.54) is 14.2 Å². The van der Waals surface area contributed by atoms with Crippen molar-refractivity contribution in [3.63, 3.8) is 0 Å². The molecule has 0 spiro atoms. The summed E-state index contributed by atoms with van der Waals surface area (Å²) < 4.78 is 22.5. The van der Waals surface area contributed by atoms with Gasteiger partial charge >= 0.3 is 5.97 Å². The number of hydrazone groups is 1. The van der Waals surface area contributed by atoms with E-state index in [1.54, 1.807) is 23.4 Å². The summed E-state index contributed by atoms with van der Waals surface area (Å²) in [7, 11) is 2.88. The van der Waals surface area contributed by atoms with Gasteiger partial charge in [0.15, 0.2) is 11.5 Å². The molecule has 1 aromatic heterocycles. The molecule has 31 heavy (non-hydrogen) atoms. The monoisotopic (exact) mass is 420 g/mol. The lowest BCUT2D eigenvalue weighted by Gasteiger charge is -2.38. The molecule has 1 N–H and O–H groups in total. The van der Waals surface area contributed by atoms with Crippen molar-refractivity contribution < 1.29 is 28.5 Å². The number of methoxy groups -OCH3 is 2. The standard InChI is InChI=1S/C23H20N2O6/c1-28-19-10-9-14(20(23(26)27)21(19)29-2)22-25-16(13-6-3-4-7-17(13)31-22)12-15(24-25)18-8-5-11-30-18/h3-11,16,22H,12H2,1-2H3,(H,26,27). The highest BCUT2D eigenvalue weighted by Crippen LogP contribution is 2.49. The number of para-hydroxylation sites is 1. The zero-order valence-electron chi connectivity index (χ0n) is 16.9. The van der Waals surface area contributed by atoms with Crippen LogP contribution in [0.4, 0.5) is 0 Å². The number of rotatable bonds is 5. The summed E-state index contributed by atoms with van der Waals surface area (Å²) in [4.78, 5) is 12.2.